The number of rotatable bonds is 8. The van der Waals surface area contributed by atoms with Crippen LogP contribution < -0.4 is 10.6 Å². The van der Waals surface area contributed by atoms with Crippen LogP contribution in [0.1, 0.15) is 43.8 Å². The van der Waals surface area contributed by atoms with Gasteiger partial charge >= 0.3 is 0 Å². The Labute approximate surface area is 157 Å². The van der Waals surface area contributed by atoms with Crippen LogP contribution in [0.5, 0.6) is 0 Å². The number of piperidine rings is 1. The molecule has 1 amide bonds. The molecule has 2 fully saturated rings. The maximum Gasteiger partial charge on any atom is 0.220 e. The summed E-state index contributed by atoms with van der Waals surface area (Å²) in [6.07, 6.45) is 4.64. The Morgan fingerprint density at radius 3 is 2.65 bits per heavy atom. The topological polar surface area (TPSA) is 64.6 Å². The third kappa shape index (κ3) is 6.08. The molecule has 0 saturated carbocycles. The molecule has 2 saturated heterocycles. The van der Waals surface area contributed by atoms with Gasteiger partial charge in [0.1, 0.15) is 0 Å². The van der Waals surface area contributed by atoms with E-state index in [1.807, 2.05) is 30.3 Å². The fourth-order valence-electron chi connectivity index (χ4n) is 4.04. The van der Waals surface area contributed by atoms with E-state index in [9.17, 15) is 9.90 Å². The van der Waals surface area contributed by atoms with Crippen molar-refractivity contribution in [3.63, 3.8) is 0 Å². The Morgan fingerprint density at radius 2 is 1.96 bits per heavy atom. The van der Waals surface area contributed by atoms with E-state index in [1.54, 1.807) is 0 Å². The molecular formula is C21H33N3O2. The number of hydrogen-bond donors (Lipinski definition) is 3. The molecular weight excluding hydrogens is 326 g/mol. The third-order valence-electron chi connectivity index (χ3n) is 5.85. The van der Waals surface area contributed by atoms with Crippen LogP contribution in [0, 0.1) is 11.8 Å². The number of nitrogens with one attached hydrogen (secondary N) is 2. The first-order chi connectivity index (χ1) is 12.7. The average molecular weight is 360 g/mol. The Bertz CT molecular complexity index is 537. The molecule has 0 bridgehead atoms. The minimum atomic E-state index is -0.419. The lowest BCUT2D eigenvalue weighted by molar-refractivity contribution is -0.121. The number of aliphatic hydroxyl groups is 1. The maximum atomic E-state index is 12.0. The summed E-state index contributed by atoms with van der Waals surface area (Å²) >= 11 is 0. The van der Waals surface area contributed by atoms with E-state index in [0.29, 0.717) is 24.8 Å². The summed E-state index contributed by atoms with van der Waals surface area (Å²) in [7, 11) is 0. The molecule has 0 aliphatic carbocycles. The quantitative estimate of drug-likeness (QED) is 0.664. The van der Waals surface area contributed by atoms with Crippen LogP contribution in [0.2, 0.25) is 0 Å². The zero-order chi connectivity index (χ0) is 18.2. The molecule has 0 radical (unpaired) electrons. The Balaban J connectivity index is 1.29. The highest BCUT2D eigenvalue weighted by molar-refractivity contribution is 5.75. The van der Waals surface area contributed by atoms with E-state index in [4.69, 9.17) is 0 Å². The van der Waals surface area contributed by atoms with Crippen molar-refractivity contribution in [1.29, 1.82) is 0 Å². The summed E-state index contributed by atoms with van der Waals surface area (Å²) in [5.74, 6) is 1.45. The summed E-state index contributed by atoms with van der Waals surface area (Å²) in [6.45, 7) is 5.66. The number of benzene rings is 1. The number of likely N-dealkylation sites (tertiary alicyclic amines) is 1. The van der Waals surface area contributed by atoms with Gasteiger partial charge < -0.3 is 20.6 Å². The molecule has 2 atom stereocenters. The van der Waals surface area contributed by atoms with Gasteiger partial charge in [-0.05, 0) is 69.3 Å². The van der Waals surface area contributed by atoms with Gasteiger partial charge in [0, 0.05) is 19.5 Å². The van der Waals surface area contributed by atoms with Gasteiger partial charge in [0.05, 0.1) is 6.10 Å². The van der Waals surface area contributed by atoms with Crippen molar-refractivity contribution in [3.05, 3.63) is 35.9 Å². The van der Waals surface area contributed by atoms with Gasteiger partial charge in [-0.1, -0.05) is 30.3 Å². The molecule has 2 aliphatic rings. The van der Waals surface area contributed by atoms with Crippen LogP contribution in [-0.4, -0.2) is 55.2 Å². The van der Waals surface area contributed by atoms with Crippen molar-refractivity contribution < 1.29 is 9.90 Å². The molecule has 1 aromatic rings. The van der Waals surface area contributed by atoms with Crippen molar-refractivity contribution in [3.8, 4) is 0 Å². The first-order valence-electron chi connectivity index (χ1n) is 10.1. The minimum Gasteiger partial charge on any atom is -0.387 e. The molecule has 2 heterocycles. The number of nitrogens with zero attached hydrogens (tertiary/aromatic N) is 1. The van der Waals surface area contributed by atoms with Crippen LogP contribution in [0.3, 0.4) is 0 Å². The second-order valence-electron chi connectivity index (χ2n) is 7.87. The highest BCUT2D eigenvalue weighted by Crippen LogP contribution is 2.20. The van der Waals surface area contributed by atoms with Gasteiger partial charge in [0.15, 0.2) is 0 Å². The minimum absolute atomic E-state index is 0.207. The monoisotopic (exact) mass is 359 g/mol. The van der Waals surface area contributed by atoms with E-state index in [1.165, 1.54) is 6.42 Å². The Hall–Kier alpha value is -1.43. The number of amides is 1. The largest absolute Gasteiger partial charge is 0.387 e. The van der Waals surface area contributed by atoms with E-state index in [2.05, 4.69) is 15.5 Å². The lowest BCUT2D eigenvalue weighted by Gasteiger charge is -2.33. The fraction of sp³-hybridized carbons (Fsp3) is 0.667. The summed E-state index contributed by atoms with van der Waals surface area (Å²) < 4.78 is 0. The second kappa shape index (κ2) is 10.0. The maximum absolute atomic E-state index is 12.0. The Kier molecular flexibility index (Phi) is 7.47. The second-order valence-corrected chi connectivity index (χ2v) is 7.87. The SMILES string of the molecule is O=C(CCC1CCNC1)NCC1CCN(CC(O)c2ccccc2)CC1. The van der Waals surface area contributed by atoms with E-state index in [-0.39, 0.29) is 5.91 Å². The lowest BCUT2D eigenvalue weighted by Crippen LogP contribution is -2.40. The van der Waals surface area contributed by atoms with Crippen molar-refractivity contribution >= 4 is 5.91 Å². The van der Waals surface area contributed by atoms with E-state index < -0.39 is 6.10 Å². The number of carbonyl (C=O) groups is 1. The highest BCUT2D eigenvalue weighted by atomic mass is 16.3. The first kappa shape index (κ1) is 19.3. The summed E-state index contributed by atoms with van der Waals surface area (Å²) in [5, 5.41) is 16.8. The fourth-order valence-corrected chi connectivity index (χ4v) is 4.04. The standard InChI is InChI=1S/C21H33N3O2/c25-20(19-4-2-1-3-5-19)16-24-12-9-18(10-13-24)15-23-21(26)7-6-17-8-11-22-14-17/h1-5,17-18,20,22,25H,6-16H2,(H,23,26). The van der Waals surface area contributed by atoms with Crippen molar-refractivity contribution in [2.45, 2.75) is 38.2 Å². The van der Waals surface area contributed by atoms with E-state index >= 15 is 0 Å². The van der Waals surface area contributed by atoms with Crippen LogP contribution in [0.25, 0.3) is 0 Å². The third-order valence-corrected chi connectivity index (χ3v) is 5.85. The number of β-amino-alcohol motifs (C(OH)–C–C–N with tert-alkyl or cyclic N) is 1. The molecule has 1 aromatic carbocycles. The summed E-state index contributed by atoms with van der Waals surface area (Å²) in [6, 6.07) is 9.87. The number of carbonyl (C=O) groups excluding carboxylic acids is 1. The van der Waals surface area contributed by atoms with Crippen LogP contribution >= 0.6 is 0 Å². The molecule has 2 aliphatic heterocycles. The average Bonchev–Trinajstić information content (AvgIpc) is 3.20. The van der Waals surface area contributed by atoms with Gasteiger partial charge in [-0.25, -0.2) is 0 Å². The predicted octanol–water partition coefficient (Wildman–Crippen LogP) is 1.94. The van der Waals surface area contributed by atoms with Crippen molar-refractivity contribution in [2.75, 3.05) is 39.3 Å². The van der Waals surface area contributed by atoms with Gasteiger partial charge in [-0.15, -0.1) is 0 Å². The summed E-state index contributed by atoms with van der Waals surface area (Å²) in [4.78, 5) is 14.4. The lowest BCUT2D eigenvalue weighted by atomic mass is 9.96. The van der Waals surface area contributed by atoms with Gasteiger partial charge in [0.25, 0.3) is 0 Å². The Morgan fingerprint density at radius 1 is 1.19 bits per heavy atom. The predicted molar refractivity (Wildman–Crippen MR) is 104 cm³/mol. The van der Waals surface area contributed by atoms with Crippen molar-refractivity contribution in [1.82, 2.24) is 15.5 Å². The van der Waals surface area contributed by atoms with E-state index in [0.717, 1.165) is 57.5 Å². The number of aliphatic hydroxyl groups excluding tert-OH is 1. The molecule has 5 nitrogen and oxygen atoms in total. The van der Waals surface area contributed by atoms with Gasteiger partial charge in [-0.3, -0.25) is 4.79 Å². The van der Waals surface area contributed by atoms with Gasteiger partial charge in [-0.2, -0.15) is 0 Å². The molecule has 2 unspecified atom stereocenters. The molecule has 5 heteroatoms. The van der Waals surface area contributed by atoms with Crippen LogP contribution in [-0.2, 0) is 4.79 Å². The van der Waals surface area contributed by atoms with Crippen molar-refractivity contribution in [2.24, 2.45) is 11.8 Å². The number of hydrogen-bond acceptors (Lipinski definition) is 4. The normalized spacial score (nSPS) is 23.0. The highest BCUT2D eigenvalue weighted by Gasteiger charge is 2.22. The van der Waals surface area contributed by atoms with Crippen LogP contribution in [0.4, 0.5) is 0 Å². The molecule has 0 spiro atoms. The van der Waals surface area contributed by atoms with Crippen LogP contribution in [0.15, 0.2) is 30.3 Å². The van der Waals surface area contributed by atoms with Gasteiger partial charge in [0.2, 0.25) is 5.91 Å². The summed E-state index contributed by atoms with van der Waals surface area (Å²) in [5.41, 5.74) is 0.986. The smallest absolute Gasteiger partial charge is 0.220 e. The zero-order valence-electron chi connectivity index (χ0n) is 15.7. The molecule has 26 heavy (non-hydrogen) atoms. The molecule has 3 rings (SSSR count). The zero-order valence-corrected chi connectivity index (χ0v) is 15.7. The first-order valence-corrected chi connectivity index (χ1v) is 10.1. The molecule has 0 aromatic heterocycles. The molecule has 3 N–H and O–H groups in total. The molecule has 144 valence electrons.